The highest BCUT2D eigenvalue weighted by atomic mass is 35.5. The molecule has 0 unspecified atom stereocenters. The van der Waals surface area contributed by atoms with Crippen molar-refractivity contribution in [2.45, 2.75) is 24.3 Å². The topological polar surface area (TPSA) is 117 Å². The first-order chi connectivity index (χ1) is 16.2. The van der Waals surface area contributed by atoms with E-state index in [2.05, 4.69) is 15.2 Å². The van der Waals surface area contributed by atoms with E-state index in [9.17, 15) is 18.3 Å². The van der Waals surface area contributed by atoms with Crippen LogP contribution in [-0.2, 0) is 14.8 Å². The Morgan fingerprint density at radius 1 is 1.15 bits per heavy atom. The van der Waals surface area contributed by atoms with Crippen molar-refractivity contribution in [2.24, 2.45) is 5.10 Å². The molecule has 0 aliphatic rings. The fourth-order valence-corrected chi connectivity index (χ4v) is 4.56. The van der Waals surface area contributed by atoms with Crippen LogP contribution in [0.15, 0.2) is 76.7 Å². The molecule has 1 atom stereocenters. The third-order valence-electron chi connectivity index (χ3n) is 4.89. The number of methoxy groups -OCH3 is 1. The lowest BCUT2D eigenvalue weighted by molar-refractivity contribution is -0.121. The molecule has 0 spiro atoms. The average molecular weight is 502 g/mol. The number of aromatic hydroxyl groups is 1. The monoisotopic (exact) mass is 501 g/mol. The Labute approximate surface area is 203 Å². The van der Waals surface area contributed by atoms with Crippen molar-refractivity contribution in [3.8, 4) is 11.5 Å². The van der Waals surface area contributed by atoms with Crippen molar-refractivity contribution in [2.75, 3.05) is 7.11 Å². The molecule has 34 heavy (non-hydrogen) atoms. The molecular formula is C24H24ClN3O5S. The van der Waals surface area contributed by atoms with Gasteiger partial charge in [-0.15, -0.1) is 0 Å². The first-order valence-electron chi connectivity index (χ1n) is 10.2. The molecule has 1 amide bonds. The number of hydrogen-bond acceptors (Lipinski definition) is 6. The third kappa shape index (κ3) is 6.57. The van der Waals surface area contributed by atoms with Crippen LogP contribution >= 0.6 is 11.6 Å². The van der Waals surface area contributed by atoms with Crippen LogP contribution in [0.1, 0.15) is 29.2 Å². The minimum atomic E-state index is -3.87. The van der Waals surface area contributed by atoms with E-state index in [1.807, 2.05) is 6.92 Å². The second kappa shape index (κ2) is 11.1. The lowest BCUT2D eigenvalue weighted by atomic mass is 10.0. The summed E-state index contributed by atoms with van der Waals surface area (Å²) in [5.74, 6) is -0.541. The molecule has 0 saturated heterocycles. The summed E-state index contributed by atoms with van der Waals surface area (Å²) in [7, 11) is -2.49. The summed E-state index contributed by atoms with van der Waals surface area (Å²) >= 11 is 5.95. The Hall–Kier alpha value is -3.40. The maximum absolute atomic E-state index is 12.9. The largest absolute Gasteiger partial charge is 0.503 e. The van der Waals surface area contributed by atoms with Crippen LogP contribution in [0.2, 0.25) is 5.02 Å². The number of carbonyl (C=O) groups excluding carboxylic acids is 1. The molecule has 3 rings (SSSR count). The number of nitrogens with zero attached hydrogens (tertiary/aromatic N) is 1. The van der Waals surface area contributed by atoms with Gasteiger partial charge in [0.1, 0.15) is 0 Å². The third-order valence-corrected chi connectivity index (χ3v) is 6.67. The summed E-state index contributed by atoms with van der Waals surface area (Å²) in [6, 6.07) is 17.4. The summed E-state index contributed by atoms with van der Waals surface area (Å²) in [6.07, 6.45) is 1.14. The number of phenols is 1. The highest BCUT2D eigenvalue weighted by Gasteiger charge is 2.23. The predicted octanol–water partition coefficient (Wildman–Crippen LogP) is 3.92. The normalized spacial score (nSPS) is 12.4. The highest BCUT2D eigenvalue weighted by molar-refractivity contribution is 7.89. The minimum Gasteiger partial charge on any atom is -0.503 e. The zero-order chi connectivity index (χ0) is 24.7. The summed E-state index contributed by atoms with van der Waals surface area (Å²) in [5.41, 5.74) is 4.44. The standard InChI is InChI=1S/C24H24ClN3O5S/c1-16-8-10-19(11-9-16)34(31,32)28-21(18-6-4-3-5-7-18)14-23(29)27-26-15-17-12-20(25)24(30)22(13-17)33-2/h3-13,15,21,28,30H,14H2,1-2H3,(H,27,29)/b26-15-/t21-/m0/s1. The van der Waals surface area contributed by atoms with Gasteiger partial charge in [-0.2, -0.15) is 5.10 Å². The van der Waals surface area contributed by atoms with Crippen LogP contribution < -0.4 is 14.9 Å². The Morgan fingerprint density at radius 3 is 2.47 bits per heavy atom. The summed E-state index contributed by atoms with van der Waals surface area (Å²) < 4.78 is 33.5. The van der Waals surface area contributed by atoms with Gasteiger partial charge in [0.15, 0.2) is 11.5 Å². The Kier molecular flexibility index (Phi) is 8.27. The van der Waals surface area contributed by atoms with Gasteiger partial charge in [0.05, 0.1) is 29.3 Å². The summed E-state index contributed by atoms with van der Waals surface area (Å²) in [6.45, 7) is 1.86. The van der Waals surface area contributed by atoms with Gasteiger partial charge >= 0.3 is 0 Å². The number of nitrogens with one attached hydrogen (secondary N) is 2. The molecule has 0 bridgehead atoms. The van der Waals surface area contributed by atoms with Crippen LogP contribution in [-0.4, -0.2) is 32.8 Å². The van der Waals surface area contributed by atoms with Crippen LogP contribution in [0.4, 0.5) is 0 Å². The molecule has 0 aliphatic heterocycles. The number of hydrogen-bond donors (Lipinski definition) is 3. The number of aryl methyl sites for hydroxylation is 1. The molecule has 3 aromatic rings. The first-order valence-corrected chi connectivity index (χ1v) is 12.1. The van der Waals surface area contributed by atoms with Crippen molar-refractivity contribution >= 4 is 33.7 Å². The van der Waals surface area contributed by atoms with Crippen molar-refractivity contribution in [1.82, 2.24) is 10.1 Å². The number of amides is 1. The van der Waals surface area contributed by atoms with Gasteiger partial charge in [-0.3, -0.25) is 4.79 Å². The molecule has 0 saturated carbocycles. The van der Waals surface area contributed by atoms with Crippen molar-refractivity contribution < 1.29 is 23.1 Å². The summed E-state index contributed by atoms with van der Waals surface area (Å²) in [4.78, 5) is 12.7. The van der Waals surface area contributed by atoms with Crippen LogP contribution in [0.5, 0.6) is 11.5 Å². The van der Waals surface area contributed by atoms with Crippen molar-refractivity contribution in [3.05, 3.63) is 88.4 Å². The fraction of sp³-hybridized carbons (Fsp3) is 0.167. The molecule has 8 nitrogen and oxygen atoms in total. The summed E-state index contributed by atoms with van der Waals surface area (Å²) in [5, 5.41) is 13.8. The Morgan fingerprint density at radius 2 is 1.82 bits per heavy atom. The van der Waals surface area contributed by atoms with Gasteiger partial charge in [0.2, 0.25) is 15.9 Å². The van der Waals surface area contributed by atoms with Gasteiger partial charge < -0.3 is 9.84 Å². The van der Waals surface area contributed by atoms with E-state index in [1.165, 1.54) is 37.6 Å². The molecule has 0 heterocycles. The maximum Gasteiger partial charge on any atom is 0.242 e. The van der Waals surface area contributed by atoms with E-state index in [-0.39, 0.29) is 27.8 Å². The number of sulfonamides is 1. The van der Waals surface area contributed by atoms with E-state index in [0.29, 0.717) is 11.1 Å². The maximum atomic E-state index is 12.9. The smallest absolute Gasteiger partial charge is 0.242 e. The molecule has 178 valence electrons. The number of carbonyl (C=O) groups is 1. The zero-order valence-corrected chi connectivity index (χ0v) is 20.1. The number of hydrazone groups is 1. The van der Waals surface area contributed by atoms with Crippen LogP contribution in [0.3, 0.4) is 0 Å². The van der Waals surface area contributed by atoms with Crippen molar-refractivity contribution in [1.29, 1.82) is 0 Å². The number of benzene rings is 3. The highest BCUT2D eigenvalue weighted by Crippen LogP contribution is 2.34. The minimum absolute atomic E-state index is 0.0711. The van der Waals surface area contributed by atoms with Crippen molar-refractivity contribution in [3.63, 3.8) is 0 Å². The van der Waals surface area contributed by atoms with Gasteiger partial charge in [-0.1, -0.05) is 59.6 Å². The number of halogens is 1. The van der Waals surface area contributed by atoms with E-state index in [4.69, 9.17) is 16.3 Å². The van der Waals surface area contributed by atoms with Crippen LogP contribution in [0.25, 0.3) is 0 Å². The Balaban J connectivity index is 1.74. The molecule has 0 aromatic heterocycles. The number of ether oxygens (including phenoxy) is 1. The van der Waals surface area contributed by atoms with E-state index >= 15 is 0 Å². The number of phenolic OH excluding ortho intramolecular Hbond substituents is 1. The van der Waals surface area contributed by atoms with Gasteiger partial charge in [-0.05, 0) is 42.3 Å². The zero-order valence-electron chi connectivity index (χ0n) is 18.5. The predicted molar refractivity (Wildman–Crippen MR) is 131 cm³/mol. The van der Waals surface area contributed by atoms with E-state index < -0.39 is 22.0 Å². The molecule has 0 fully saturated rings. The van der Waals surface area contributed by atoms with Gasteiger partial charge in [0.25, 0.3) is 0 Å². The average Bonchev–Trinajstić information content (AvgIpc) is 2.81. The first kappa shape index (κ1) is 25.2. The fourth-order valence-electron chi connectivity index (χ4n) is 3.12. The Bertz CT molecular complexity index is 1280. The molecule has 10 heteroatoms. The van der Waals surface area contributed by atoms with Crippen LogP contribution in [0, 0.1) is 6.92 Å². The molecule has 3 N–H and O–H groups in total. The van der Waals surface area contributed by atoms with Gasteiger partial charge in [0, 0.05) is 6.42 Å². The quantitative estimate of drug-likeness (QED) is 0.303. The van der Waals surface area contributed by atoms with E-state index in [1.54, 1.807) is 42.5 Å². The number of rotatable bonds is 9. The molecule has 0 aliphatic carbocycles. The SMILES string of the molecule is COc1cc(/C=N\NC(=O)C[C@H](NS(=O)(=O)c2ccc(C)cc2)c2ccccc2)cc(Cl)c1O. The lowest BCUT2D eigenvalue weighted by Gasteiger charge is -2.18. The van der Waals surface area contributed by atoms with E-state index in [0.717, 1.165) is 5.56 Å². The lowest BCUT2D eigenvalue weighted by Crippen LogP contribution is -2.32. The molecule has 0 radical (unpaired) electrons. The molecular weight excluding hydrogens is 478 g/mol. The second-order valence-electron chi connectivity index (χ2n) is 7.45. The van der Waals surface area contributed by atoms with Gasteiger partial charge in [-0.25, -0.2) is 18.6 Å². The second-order valence-corrected chi connectivity index (χ2v) is 9.57. The molecule has 3 aromatic carbocycles.